The molecule has 3 nitrogen and oxygen atoms in total. The van der Waals surface area contributed by atoms with Gasteiger partial charge < -0.3 is 5.32 Å². The first-order valence-corrected chi connectivity index (χ1v) is 9.68. The van der Waals surface area contributed by atoms with E-state index < -0.39 is 0 Å². The van der Waals surface area contributed by atoms with Gasteiger partial charge in [-0.15, -0.1) is 0 Å². The maximum Gasteiger partial charge on any atom is 0.252 e. The van der Waals surface area contributed by atoms with Crippen LogP contribution in [0.5, 0.6) is 0 Å². The number of rotatable bonds is 5. The highest BCUT2D eigenvalue weighted by Gasteiger charge is 2.18. The Morgan fingerprint density at radius 1 is 0.966 bits per heavy atom. The van der Waals surface area contributed by atoms with Crippen LogP contribution in [0, 0.1) is 5.82 Å². The molecule has 1 aromatic heterocycles. The summed E-state index contributed by atoms with van der Waals surface area (Å²) >= 11 is 0. The van der Waals surface area contributed by atoms with E-state index in [1.807, 2.05) is 61.5 Å². The first kappa shape index (κ1) is 18.8. The van der Waals surface area contributed by atoms with Gasteiger partial charge in [0.1, 0.15) is 5.82 Å². The van der Waals surface area contributed by atoms with Crippen molar-refractivity contribution in [2.75, 3.05) is 0 Å². The lowest BCUT2D eigenvalue weighted by Crippen LogP contribution is -2.28. The molecule has 1 amide bonds. The van der Waals surface area contributed by atoms with E-state index >= 15 is 0 Å². The third-order valence-corrected chi connectivity index (χ3v) is 5.03. The van der Waals surface area contributed by atoms with E-state index in [4.69, 9.17) is 0 Å². The zero-order valence-electron chi connectivity index (χ0n) is 16.1. The highest BCUT2D eigenvalue weighted by Crippen LogP contribution is 2.27. The van der Waals surface area contributed by atoms with E-state index in [0.717, 1.165) is 17.4 Å². The minimum Gasteiger partial charge on any atom is -0.345 e. The fraction of sp³-hybridized carbons (Fsp3) is 0.120. The molecule has 1 N–H and O–H groups in total. The third-order valence-electron chi connectivity index (χ3n) is 5.03. The molecule has 0 unspecified atom stereocenters. The molecule has 0 bridgehead atoms. The molecule has 4 rings (SSSR count). The quantitative estimate of drug-likeness (QED) is 0.464. The molecule has 0 saturated carbocycles. The predicted molar refractivity (Wildman–Crippen MR) is 114 cm³/mol. The van der Waals surface area contributed by atoms with Gasteiger partial charge >= 0.3 is 0 Å². The Hall–Kier alpha value is -3.53. The molecule has 3 aromatic carbocycles. The summed E-state index contributed by atoms with van der Waals surface area (Å²) in [6, 6.07) is 25.4. The van der Waals surface area contributed by atoms with E-state index in [1.54, 1.807) is 24.3 Å². The van der Waals surface area contributed by atoms with Crippen LogP contribution in [0.15, 0.2) is 84.9 Å². The van der Waals surface area contributed by atoms with Gasteiger partial charge in [0, 0.05) is 10.9 Å². The fourth-order valence-electron chi connectivity index (χ4n) is 3.51. The highest BCUT2D eigenvalue weighted by molar-refractivity contribution is 6.07. The van der Waals surface area contributed by atoms with E-state index in [-0.39, 0.29) is 17.8 Å². The molecule has 29 heavy (non-hydrogen) atoms. The first-order valence-electron chi connectivity index (χ1n) is 9.68. The number of para-hydroxylation sites is 1. The molecule has 1 atom stereocenters. The predicted octanol–water partition coefficient (Wildman–Crippen LogP) is 5.92. The van der Waals surface area contributed by atoms with E-state index in [9.17, 15) is 9.18 Å². The number of amides is 1. The van der Waals surface area contributed by atoms with Crippen molar-refractivity contribution in [2.45, 2.75) is 19.4 Å². The van der Waals surface area contributed by atoms with Gasteiger partial charge in [0.2, 0.25) is 0 Å². The van der Waals surface area contributed by atoms with E-state index in [0.29, 0.717) is 22.3 Å². The topological polar surface area (TPSA) is 42.0 Å². The Bertz CT molecular complexity index is 1160. The number of hydrogen-bond acceptors (Lipinski definition) is 2. The maximum atomic E-state index is 14.4. The van der Waals surface area contributed by atoms with Gasteiger partial charge in [0.05, 0.1) is 22.8 Å². The Morgan fingerprint density at radius 3 is 2.41 bits per heavy atom. The summed E-state index contributed by atoms with van der Waals surface area (Å²) in [5.41, 5.74) is 3.02. The van der Waals surface area contributed by atoms with Crippen LogP contribution >= 0.6 is 0 Å². The SMILES string of the molecule is CC[C@H](NC(=O)c1cc(-c2ccccc2F)nc2ccccc12)c1ccccc1. The lowest BCUT2D eigenvalue weighted by molar-refractivity contribution is 0.0937. The number of nitrogens with zero attached hydrogens (tertiary/aromatic N) is 1. The Labute approximate surface area is 169 Å². The van der Waals surface area contributed by atoms with Crippen LogP contribution in [0.3, 0.4) is 0 Å². The fourth-order valence-corrected chi connectivity index (χ4v) is 3.51. The molecule has 0 aliphatic heterocycles. The summed E-state index contributed by atoms with van der Waals surface area (Å²) in [4.78, 5) is 17.8. The molecule has 4 heteroatoms. The maximum absolute atomic E-state index is 14.4. The molecular formula is C25H21FN2O. The summed E-state index contributed by atoms with van der Waals surface area (Å²) in [6.07, 6.45) is 0.763. The molecule has 0 aliphatic rings. The molecule has 4 aromatic rings. The monoisotopic (exact) mass is 384 g/mol. The van der Waals surface area contributed by atoms with Gasteiger partial charge in [0.25, 0.3) is 5.91 Å². The average molecular weight is 384 g/mol. The van der Waals surface area contributed by atoms with Crippen LogP contribution in [0.4, 0.5) is 4.39 Å². The average Bonchev–Trinajstić information content (AvgIpc) is 2.77. The summed E-state index contributed by atoms with van der Waals surface area (Å²) < 4.78 is 14.4. The Morgan fingerprint density at radius 2 is 1.66 bits per heavy atom. The number of carbonyl (C=O) groups is 1. The lowest BCUT2D eigenvalue weighted by atomic mass is 10.0. The number of carbonyl (C=O) groups excluding carboxylic acids is 1. The summed E-state index contributed by atoms with van der Waals surface area (Å²) in [7, 11) is 0. The molecule has 0 radical (unpaired) electrons. The molecule has 144 valence electrons. The van der Waals surface area contributed by atoms with Crippen LogP contribution in [0.25, 0.3) is 22.2 Å². The van der Waals surface area contributed by atoms with Crippen molar-refractivity contribution in [3.05, 3.63) is 102 Å². The summed E-state index contributed by atoms with van der Waals surface area (Å²) in [6.45, 7) is 2.04. The van der Waals surface area contributed by atoms with Crippen LogP contribution in [-0.2, 0) is 0 Å². The molecule has 0 aliphatic carbocycles. The molecule has 1 heterocycles. The van der Waals surface area contributed by atoms with Gasteiger partial charge in [0.15, 0.2) is 0 Å². The normalized spacial score (nSPS) is 11.9. The standard InChI is InChI=1S/C25H21FN2O/c1-2-22(17-10-4-3-5-11-17)28-25(29)20-16-24(19-13-6-8-14-21(19)26)27-23-15-9-7-12-18(20)23/h3-16,22H,2H2,1H3,(H,28,29)/t22-/m0/s1. The number of benzene rings is 3. The zero-order valence-corrected chi connectivity index (χ0v) is 16.1. The summed E-state index contributed by atoms with van der Waals surface area (Å²) in [5.74, 6) is -0.561. The van der Waals surface area contributed by atoms with Gasteiger partial charge in [-0.1, -0.05) is 67.6 Å². The number of hydrogen-bond donors (Lipinski definition) is 1. The number of halogens is 1. The van der Waals surface area contributed by atoms with Crippen molar-refractivity contribution in [3.63, 3.8) is 0 Å². The second kappa shape index (κ2) is 8.23. The second-order valence-electron chi connectivity index (χ2n) is 6.90. The number of pyridine rings is 1. The second-order valence-corrected chi connectivity index (χ2v) is 6.90. The van der Waals surface area contributed by atoms with E-state index in [2.05, 4.69) is 10.3 Å². The molecule has 0 saturated heterocycles. The van der Waals surface area contributed by atoms with Crippen LogP contribution in [0.1, 0.15) is 35.3 Å². The van der Waals surface area contributed by atoms with Crippen molar-refractivity contribution in [1.29, 1.82) is 0 Å². The smallest absolute Gasteiger partial charge is 0.252 e. The van der Waals surface area contributed by atoms with Gasteiger partial charge in [-0.3, -0.25) is 4.79 Å². The largest absolute Gasteiger partial charge is 0.345 e. The van der Waals surface area contributed by atoms with Crippen LogP contribution in [-0.4, -0.2) is 10.9 Å². The number of aromatic nitrogens is 1. The zero-order chi connectivity index (χ0) is 20.2. The molecule has 0 fully saturated rings. The highest BCUT2D eigenvalue weighted by atomic mass is 19.1. The lowest BCUT2D eigenvalue weighted by Gasteiger charge is -2.18. The van der Waals surface area contributed by atoms with Gasteiger partial charge in [-0.05, 0) is 36.2 Å². The van der Waals surface area contributed by atoms with Crippen molar-refractivity contribution < 1.29 is 9.18 Å². The van der Waals surface area contributed by atoms with Crippen molar-refractivity contribution >= 4 is 16.8 Å². The van der Waals surface area contributed by atoms with Crippen molar-refractivity contribution in [1.82, 2.24) is 10.3 Å². The minimum absolute atomic E-state index is 0.104. The van der Waals surface area contributed by atoms with Gasteiger partial charge in [-0.25, -0.2) is 9.37 Å². The third kappa shape index (κ3) is 3.87. The summed E-state index contributed by atoms with van der Waals surface area (Å²) in [5, 5.41) is 3.87. The van der Waals surface area contributed by atoms with E-state index in [1.165, 1.54) is 6.07 Å². The molecule has 0 spiro atoms. The first-order chi connectivity index (χ1) is 14.2. The Balaban J connectivity index is 1.78. The molecular weight excluding hydrogens is 363 g/mol. The number of nitrogens with one attached hydrogen (secondary N) is 1. The number of fused-ring (bicyclic) bond motifs is 1. The van der Waals surface area contributed by atoms with Crippen molar-refractivity contribution in [2.24, 2.45) is 0 Å². The van der Waals surface area contributed by atoms with Crippen LogP contribution < -0.4 is 5.32 Å². The minimum atomic E-state index is -0.364. The van der Waals surface area contributed by atoms with Gasteiger partial charge in [-0.2, -0.15) is 0 Å². The Kier molecular flexibility index (Phi) is 5.34. The van der Waals surface area contributed by atoms with Crippen LogP contribution in [0.2, 0.25) is 0 Å². The van der Waals surface area contributed by atoms with Crippen molar-refractivity contribution in [3.8, 4) is 11.3 Å².